The van der Waals surface area contributed by atoms with Crippen molar-refractivity contribution >= 4 is 27.4 Å². The third-order valence-electron chi connectivity index (χ3n) is 3.37. The number of rotatable bonds is 3. The molecule has 1 saturated heterocycles. The van der Waals surface area contributed by atoms with E-state index < -0.39 is 21.7 Å². The van der Waals surface area contributed by atoms with Crippen LogP contribution in [0.15, 0.2) is 23.1 Å². The van der Waals surface area contributed by atoms with Crippen LogP contribution in [0.4, 0.5) is 5.69 Å². The molecule has 0 aliphatic carbocycles. The second-order valence-corrected chi connectivity index (χ2v) is 6.98. The summed E-state index contributed by atoms with van der Waals surface area (Å²) >= 11 is 0. The van der Waals surface area contributed by atoms with Crippen molar-refractivity contribution < 1.29 is 23.1 Å². The number of carboxylic acid groups (broad SMARTS) is 1. The summed E-state index contributed by atoms with van der Waals surface area (Å²) in [6, 6.07) is 4.52. The van der Waals surface area contributed by atoms with Gasteiger partial charge in [0.05, 0.1) is 10.8 Å². The maximum absolute atomic E-state index is 11.9. The molecule has 1 amide bonds. The Labute approximate surface area is 116 Å². The Morgan fingerprint density at radius 2 is 2.05 bits per heavy atom. The summed E-state index contributed by atoms with van der Waals surface area (Å²) in [5.41, 5.74) is 1.19. The zero-order chi connectivity index (χ0) is 15.1. The lowest BCUT2D eigenvalue weighted by molar-refractivity contribution is -0.141. The van der Waals surface area contributed by atoms with E-state index in [1.54, 1.807) is 13.0 Å². The fourth-order valence-electron chi connectivity index (χ4n) is 2.22. The second-order valence-electron chi connectivity index (χ2n) is 4.96. The molecule has 7 heteroatoms. The minimum atomic E-state index is -3.37. The first-order chi connectivity index (χ1) is 9.20. The highest BCUT2D eigenvalue weighted by Gasteiger charge is 2.35. The normalized spacial score (nSPS) is 19.4. The Kier molecular flexibility index (Phi) is 3.56. The van der Waals surface area contributed by atoms with Crippen molar-refractivity contribution in [3.63, 3.8) is 0 Å². The van der Waals surface area contributed by atoms with Gasteiger partial charge in [0.25, 0.3) is 0 Å². The first-order valence-electron chi connectivity index (χ1n) is 6.04. The van der Waals surface area contributed by atoms with Gasteiger partial charge >= 0.3 is 5.97 Å². The number of benzene rings is 1. The van der Waals surface area contributed by atoms with E-state index in [2.05, 4.69) is 0 Å². The molecular weight excluding hydrogens is 282 g/mol. The van der Waals surface area contributed by atoms with Crippen LogP contribution in [0.5, 0.6) is 0 Å². The maximum atomic E-state index is 11.9. The quantitative estimate of drug-likeness (QED) is 0.892. The topological polar surface area (TPSA) is 91.8 Å². The van der Waals surface area contributed by atoms with Crippen molar-refractivity contribution in [1.29, 1.82) is 0 Å². The number of aryl methyl sites for hydroxylation is 1. The van der Waals surface area contributed by atoms with E-state index in [0.717, 1.165) is 11.8 Å². The minimum Gasteiger partial charge on any atom is -0.481 e. The third-order valence-corrected chi connectivity index (χ3v) is 4.48. The number of carbonyl (C=O) groups excluding carboxylic acids is 1. The van der Waals surface area contributed by atoms with Crippen LogP contribution >= 0.6 is 0 Å². The average Bonchev–Trinajstić information content (AvgIpc) is 2.70. The first-order valence-corrected chi connectivity index (χ1v) is 7.93. The number of carbonyl (C=O) groups is 2. The Balaban J connectivity index is 2.43. The Morgan fingerprint density at radius 1 is 1.40 bits per heavy atom. The Hall–Kier alpha value is -1.89. The molecule has 0 saturated carbocycles. The molecule has 1 aliphatic heterocycles. The fraction of sp³-hybridized carbons (Fsp3) is 0.385. The summed E-state index contributed by atoms with van der Waals surface area (Å²) in [5.74, 6) is -2.06. The van der Waals surface area contributed by atoms with Crippen LogP contribution < -0.4 is 4.90 Å². The van der Waals surface area contributed by atoms with Gasteiger partial charge in [-0.05, 0) is 24.6 Å². The van der Waals surface area contributed by atoms with Crippen molar-refractivity contribution in [2.24, 2.45) is 5.92 Å². The molecule has 0 bridgehead atoms. The van der Waals surface area contributed by atoms with E-state index in [1.807, 2.05) is 0 Å². The Bertz CT molecular complexity index is 680. The van der Waals surface area contributed by atoms with Crippen molar-refractivity contribution in [3.05, 3.63) is 23.8 Å². The Morgan fingerprint density at radius 3 is 2.55 bits per heavy atom. The van der Waals surface area contributed by atoms with Crippen molar-refractivity contribution in [2.45, 2.75) is 18.2 Å². The molecule has 1 atom stereocenters. The summed E-state index contributed by atoms with van der Waals surface area (Å²) in [5, 5.41) is 8.97. The van der Waals surface area contributed by atoms with Gasteiger partial charge in [0.15, 0.2) is 9.84 Å². The molecule has 2 rings (SSSR count). The average molecular weight is 297 g/mol. The van der Waals surface area contributed by atoms with Crippen LogP contribution in [0.1, 0.15) is 12.0 Å². The lowest BCUT2D eigenvalue weighted by Gasteiger charge is -2.19. The number of sulfone groups is 1. The zero-order valence-electron chi connectivity index (χ0n) is 11.2. The molecule has 108 valence electrons. The summed E-state index contributed by atoms with van der Waals surface area (Å²) < 4.78 is 23.1. The van der Waals surface area contributed by atoms with E-state index in [9.17, 15) is 18.0 Å². The molecule has 6 nitrogen and oxygen atoms in total. The smallest absolute Gasteiger partial charge is 0.308 e. The van der Waals surface area contributed by atoms with Gasteiger partial charge in [-0.2, -0.15) is 0 Å². The highest BCUT2D eigenvalue weighted by atomic mass is 32.2. The van der Waals surface area contributed by atoms with Gasteiger partial charge in [-0.3, -0.25) is 9.59 Å². The molecule has 1 N–H and O–H groups in total. The van der Waals surface area contributed by atoms with E-state index in [1.165, 1.54) is 17.0 Å². The summed E-state index contributed by atoms with van der Waals surface area (Å²) in [6.45, 7) is 1.82. The monoisotopic (exact) mass is 297 g/mol. The van der Waals surface area contributed by atoms with Crippen LogP contribution in [-0.4, -0.2) is 38.2 Å². The van der Waals surface area contributed by atoms with Crippen molar-refractivity contribution in [3.8, 4) is 0 Å². The molecule has 1 heterocycles. The van der Waals surface area contributed by atoms with Gasteiger partial charge in [0, 0.05) is 24.9 Å². The molecule has 0 radical (unpaired) electrons. The zero-order valence-corrected chi connectivity index (χ0v) is 12.0. The van der Waals surface area contributed by atoms with Gasteiger partial charge in [0.2, 0.25) is 5.91 Å². The SMILES string of the molecule is Cc1ccc(S(C)(=O)=O)cc1N1CC(C(=O)O)CC1=O. The number of hydrogen-bond acceptors (Lipinski definition) is 4. The molecule has 1 aliphatic rings. The molecule has 1 aromatic rings. The predicted molar refractivity (Wildman–Crippen MR) is 72.4 cm³/mol. The van der Waals surface area contributed by atoms with Crippen LogP contribution in [-0.2, 0) is 19.4 Å². The van der Waals surface area contributed by atoms with Gasteiger partial charge in [0.1, 0.15) is 0 Å². The lowest BCUT2D eigenvalue weighted by atomic mass is 10.1. The summed E-state index contributed by atoms with van der Waals surface area (Å²) in [6.07, 6.45) is 1.03. The first kappa shape index (κ1) is 14.5. The molecular formula is C13H15NO5S. The standard InChI is InChI=1S/C13H15NO5S/c1-8-3-4-10(20(2,18)19)6-11(8)14-7-9(13(16)17)5-12(14)15/h3-4,6,9H,5,7H2,1-2H3,(H,16,17). The van der Waals surface area contributed by atoms with Gasteiger partial charge in [-0.25, -0.2) is 8.42 Å². The van der Waals surface area contributed by atoms with E-state index >= 15 is 0 Å². The largest absolute Gasteiger partial charge is 0.481 e. The number of amides is 1. The molecule has 20 heavy (non-hydrogen) atoms. The molecule has 0 spiro atoms. The maximum Gasteiger partial charge on any atom is 0.308 e. The van der Waals surface area contributed by atoms with Gasteiger partial charge in [-0.15, -0.1) is 0 Å². The predicted octanol–water partition coefficient (Wildman–Crippen LogP) is 0.836. The van der Waals surface area contributed by atoms with E-state index in [-0.39, 0.29) is 23.8 Å². The molecule has 1 fully saturated rings. The van der Waals surface area contributed by atoms with Crippen LogP contribution in [0, 0.1) is 12.8 Å². The highest BCUT2D eigenvalue weighted by molar-refractivity contribution is 7.90. The number of hydrogen-bond donors (Lipinski definition) is 1. The van der Waals surface area contributed by atoms with Crippen LogP contribution in [0.2, 0.25) is 0 Å². The number of aliphatic carboxylic acids is 1. The fourth-order valence-corrected chi connectivity index (χ4v) is 2.86. The van der Waals surface area contributed by atoms with Crippen molar-refractivity contribution in [1.82, 2.24) is 0 Å². The van der Waals surface area contributed by atoms with E-state index in [4.69, 9.17) is 5.11 Å². The number of nitrogens with zero attached hydrogens (tertiary/aromatic N) is 1. The van der Waals surface area contributed by atoms with Crippen LogP contribution in [0.25, 0.3) is 0 Å². The lowest BCUT2D eigenvalue weighted by Crippen LogP contribution is -2.26. The third kappa shape index (κ3) is 2.67. The number of anilines is 1. The molecule has 1 unspecified atom stereocenters. The van der Waals surface area contributed by atoms with Crippen molar-refractivity contribution in [2.75, 3.05) is 17.7 Å². The van der Waals surface area contributed by atoms with Crippen LogP contribution in [0.3, 0.4) is 0 Å². The van der Waals surface area contributed by atoms with Gasteiger partial charge in [-0.1, -0.05) is 6.07 Å². The van der Waals surface area contributed by atoms with Gasteiger partial charge < -0.3 is 10.0 Å². The number of carboxylic acids is 1. The molecule has 1 aromatic carbocycles. The molecule has 0 aromatic heterocycles. The summed E-state index contributed by atoms with van der Waals surface area (Å²) in [7, 11) is -3.37. The summed E-state index contributed by atoms with van der Waals surface area (Å²) in [4.78, 5) is 24.3. The highest BCUT2D eigenvalue weighted by Crippen LogP contribution is 2.30. The second kappa shape index (κ2) is 4.90. The van der Waals surface area contributed by atoms with E-state index in [0.29, 0.717) is 5.69 Å². The minimum absolute atomic E-state index is 0.0577.